The molecule has 0 aromatic heterocycles. The molecule has 0 fully saturated rings. The first kappa shape index (κ1) is 17.9. The number of carbonyl (C=O) groups excluding carboxylic acids is 2. The summed E-state index contributed by atoms with van der Waals surface area (Å²) < 4.78 is 0. The first-order valence-electron chi connectivity index (χ1n) is 7.32. The van der Waals surface area contributed by atoms with Crippen LogP contribution in [0.2, 0.25) is 0 Å². The third kappa shape index (κ3) is 9.51. The van der Waals surface area contributed by atoms with Gasteiger partial charge in [-0.2, -0.15) is 0 Å². The number of hydrogen-bond donors (Lipinski definition) is 1. The fourth-order valence-electron chi connectivity index (χ4n) is 1.66. The minimum Gasteiger partial charge on any atom is -0.273 e. The van der Waals surface area contributed by atoms with Crippen LogP contribution in [0, 0.1) is 17.8 Å². The highest BCUT2D eigenvalue weighted by atomic mass is 16.2. The summed E-state index contributed by atoms with van der Waals surface area (Å²) in [6.07, 6.45) is 1.79. The number of carbonyl (C=O) groups is 2. The Morgan fingerprint density at radius 2 is 1.53 bits per heavy atom. The third-order valence-corrected chi connectivity index (χ3v) is 2.64. The Morgan fingerprint density at radius 3 is 1.95 bits per heavy atom. The van der Waals surface area contributed by atoms with E-state index in [1.807, 2.05) is 27.7 Å². The van der Waals surface area contributed by atoms with Gasteiger partial charge in [0.15, 0.2) is 0 Å². The highest BCUT2D eigenvalue weighted by Gasteiger charge is 2.18. The molecule has 0 atom stereocenters. The minimum atomic E-state index is -0.0635. The fraction of sp³-hybridized carbons (Fsp3) is 0.867. The lowest BCUT2D eigenvalue weighted by atomic mass is 10.1. The van der Waals surface area contributed by atoms with E-state index in [1.54, 1.807) is 0 Å². The normalized spacial score (nSPS) is 11.2. The molecule has 0 rings (SSSR count). The molecule has 0 bridgehead atoms. The smallest absolute Gasteiger partial charge is 0.241 e. The molecule has 0 saturated heterocycles. The van der Waals surface area contributed by atoms with E-state index < -0.39 is 0 Å². The van der Waals surface area contributed by atoms with Crippen LogP contribution in [0.25, 0.3) is 0 Å². The summed E-state index contributed by atoms with van der Waals surface area (Å²) in [5.74, 6) is 1.07. The largest absolute Gasteiger partial charge is 0.273 e. The molecule has 0 aliphatic heterocycles. The molecule has 0 aliphatic carbocycles. The summed E-state index contributed by atoms with van der Waals surface area (Å²) >= 11 is 0. The van der Waals surface area contributed by atoms with Gasteiger partial charge in [0.25, 0.3) is 0 Å². The average molecular weight is 270 g/mol. The summed E-state index contributed by atoms with van der Waals surface area (Å²) in [5.41, 5.74) is 2.75. The molecule has 4 nitrogen and oxygen atoms in total. The van der Waals surface area contributed by atoms with Crippen molar-refractivity contribution in [3.63, 3.8) is 0 Å². The second-order valence-corrected chi connectivity index (χ2v) is 6.46. The quantitative estimate of drug-likeness (QED) is 0.723. The van der Waals surface area contributed by atoms with Crippen LogP contribution in [0.3, 0.4) is 0 Å². The Kier molecular flexibility index (Phi) is 8.44. The first-order valence-corrected chi connectivity index (χ1v) is 7.32. The number of nitrogens with zero attached hydrogens (tertiary/aromatic N) is 1. The molecule has 0 aromatic rings. The molecule has 19 heavy (non-hydrogen) atoms. The molecule has 4 heteroatoms. The van der Waals surface area contributed by atoms with E-state index in [9.17, 15) is 9.59 Å². The van der Waals surface area contributed by atoms with E-state index >= 15 is 0 Å². The summed E-state index contributed by atoms with van der Waals surface area (Å²) in [6, 6.07) is 0. The number of rotatable bonds is 7. The van der Waals surface area contributed by atoms with Crippen molar-refractivity contribution in [2.24, 2.45) is 17.8 Å². The predicted molar refractivity (Wildman–Crippen MR) is 78.2 cm³/mol. The van der Waals surface area contributed by atoms with E-state index in [4.69, 9.17) is 0 Å². The zero-order chi connectivity index (χ0) is 15.0. The van der Waals surface area contributed by atoms with Gasteiger partial charge in [-0.1, -0.05) is 41.5 Å². The zero-order valence-corrected chi connectivity index (χ0v) is 13.3. The third-order valence-electron chi connectivity index (χ3n) is 2.64. The Hall–Kier alpha value is -1.06. The van der Waals surface area contributed by atoms with E-state index in [-0.39, 0.29) is 11.8 Å². The highest BCUT2D eigenvalue weighted by molar-refractivity contribution is 5.82. The molecule has 0 unspecified atom stereocenters. The van der Waals surface area contributed by atoms with Gasteiger partial charge in [0.2, 0.25) is 11.8 Å². The number of hydrogen-bond acceptors (Lipinski definition) is 2. The Bertz CT molecular complexity index is 286. The molecule has 112 valence electrons. The van der Waals surface area contributed by atoms with Gasteiger partial charge in [-0.15, -0.1) is 0 Å². The van der Waals surface area contributed by atoms with Gasteiger partial charge in [-0.25, -0.2) is 0 Å². The van der Waals surface area contributed by atoms with Gasteiger partial charge < -0.3 is 0 Å². The maximum atomic E-state index is 12.1. The van der Waals surface area contributed by atoms with Crippen LogP contribution in [-0.2, 0) is 9.59 Å². The van der Waals surface area contributed by atoms with Crippen LogP contribution in [0.5, 0.6) is 0 Å². The Morgan fingerprint density at radius 1 is 0.947 bits per heavy atom. The van der Waals surface area contributed by atoms with Gasteiger partial charge in [-0.3, -0.25) is 20.0 Å². The van der Waals surface area contributed by atoms with Crippen molar-refractivity contribution >= 4 is 11.8 Å². The Labute approximate surface area is 117 Å². The summed E-state index contributed by atoms with van der Waals surface area (Å²) in [4.78, 5) is 23.9. The number of amides is 2. The highest BCUT2D eigenvalue weighted by Crippen LogP contribution is 2.07. The lowest BCUT2D eigenvalue weighted by Crippen LogP contribution is -2.48. The SMILES string of the molecule is CC(C)CCC(=O)NN(CC(C)C)C(=O)CC(C)C. The van der Waals surface area contributed by atoms with Crippen LogP contribution in [-0.4, -0.2) is 23.4 Å². The minimum absolute atomic E-state index is 0.00148. The van der Waals surface area contributed by atoms with Crippen molar-refractivity contribution < 1.29 is 9.59 Å². The van der Waals surface area contributed by atoms with Crippen molar-refractivity contribution in [2.45, 2.75) is 60.8 Å². The summed E-state index contributed by atoms with van der Waals surface area (Å²) in [5, 5.41) is 1.49. The van der Waals surface area contributed by atoms with Crippen molar-refractivity contribution in [2.75, 3.05) is 6.54 Å². The second kappa shape index (κ2) is 8.94. The molecule has 1 N–H and O–H groups in total. The lowest BCUT2D eigenvalue weighted by Gasteiger charge is -2.26. The standard InChI is InChI=1S/C15H30N2O2/c1-11(2)7-8-14(18)16-17(10-13(5)6)15(19)9-12(3)4/h11-13H,7-10H2,1-6H3,(H,16,18). The molecule has 0 spiro atoms. The topological polar surface area (TPSA) is 49.4 Å². The van der Waals surface area contributed by atoms with Gasteiger partial charge >= 0.3 is 0 Å². The summed E-state index contributed by atoms with van der Waals surface area (Å²) in [7, 11) is 0. The van der Waals surface area contributed by atoms with E-state index in [2.05, 4.69) is 19.3 Å². The van der Waals surface area contributed by atoms with Crippen molar-refractivity contribution in [3.8, 4) is 0 Å². The van der Waals surface area contributed by atoms with Crippen LogP contribution in [0.15, 0.2) is 0 Å². The lowest BCUT2D eigenvalue weighted by molar-refractivity contribution is -0.142. The molecular formula is C15H30N2O2. The second-order valence-electron chi connectivity index (χ2n) is 6.46. The zero-order valence-electron chi connectivity index (χ0n) is 13.3. The molecule has 0 saturated carbocycles. The van der Waals surface area contributed by atoms with Crippen LogP contribution in [0.4, 0.5) is 0 Å². The van der Waals surface area contributed by atoms with Crippen molar-refractivity contribution in [1.82, 2.24) is 10.4 Å². The van der Waals surface area contributed by atoms with Gasteiger partial charge in [0.05, 0.1) is 0 Å². The van der Waals surface area contributed by atoms with E-state index in [0.717, 1.165) is 6.42 Å². The van der Waals surface area contributed by atoms with Gasteiger partial charge in [0.1, 0.15) is 0 Å². The summed E-state index contributed by atoms with van der Waals surface area (Å²) in [6.45, 7) is 12.8. The molecule has 0 radical (unpaired) electrons. The van der Waals surface area contributed by atoms with Crippen molar-refractivity contribution in [1.29, 1.82) is 0 Å². The molecule has 2 amide bonds. The molecule has 0 heterocycles. The molecule has 0 aliphatic rings. The van der Waals surface area contributed by atoms with Gasteiger partial charge in [-0.05, 0) is 24.2 Å². The van der Waals surface area contributed by atoms with Crippen LogP contribution < -0.4 is 5.43 Å². The van der Waals surface area contributed by atoms with Crippen molar-refractivity contribution in [3.05, 3.63) is 0 Å². The van der Waals surface area contributed by atoms with E-state index in [1.165, 1.54) is 5.01 Å². The number of nitrogens with one attached hydrogen (secondary N) is 1. The maximum absolute atomic E-state index is 12.1. The van der Waals surface area contributed by atoms with Crippen LogP contribution in [0.1, 0.15) is 60.8 Å². The first-order chi connectivity index (χ1) is 8.72. The number of hydrazine groups is 1. The predicted octanol–water partition coefficient (Wildman–Crippen LogP) is 2.98. The maximum Gasteiger partial charge on any atom is 0.241 e. The molecule has 0 aromatic carbocycles. The van der Waals surface area contributed by atoms with E-state index in [0.29, 0.717) is 37.1 Å². The van der Waals surface area contributed by atoms with Crippen LogP contribution >= 0.6 is 0 Å². The van der Waals surface area contributed by atoms with Gasteiger partial charge in [0, 0.05) is 19.4 Å². The monoisotopic (exact) mass is 270 g/mol. The fourth-order valence-corrected chi connectivity index (χ4v) is 1.66. The Balaban J connectivity index is 4.41. The molecular weight excluding hydrogens is 240 g/mol. The average Bonchev–Trinajstić information content (AvgIpc) is 2.23.